The zero-order chi connectivity index (χ0) is 13.5. The summed E-state index contributed by atoms with van der Waals surface area (Å²) in [6.45, 7) is 4.37. The highest BCUT2D eigenvalue weighted by Gasteiger charge is 2.13. The van der Waals surface area contributed by atoms with E-state index in [4.69, 9.17) is 0 Å². The van der Waals surface area contributed by atoms with Crippen molar-refractivity contribution in [3.05, 3.63) is 33.9 Å². The Balaban J connectivity index is 2.65. The summed E-state index contributed by atoms with van der Waals surface area (Å²) in [4.78, 5) is 21.7. The van der Waals surface area contributed by atoms with Crippen LogP contribution in [0, 0.1) is 17.0 Å². The molecular weight excluding hydrogens is 234 g/mol. The van der Waals surface area contributed by atoms with Gasteiger partial charge < -0.3 is 10.6 Å². The molecule has 0 heterocycles. The van der Waals surface area contributed by atoms with Crippen LogP contribution in [0.2, 0.25) is 0 Å². The number of nitrogens with one attached hydrogen (secondary N) is 2. The molecule has 0 aliphatic rings. The maximum Gasteiger partial charge on any atom is 0.274 e. The van der Waals surface area contributed by atoms with Crippen molar-refractivity contribution < 1.29 is 9.72 Å². The number of nitro groups is 1. The van der Waals surface area contributed by atoms with E-state index in [9.17, 15) is 14.9 Å². The standard InChI is InChI=1S/C12H17N3O3/c1-3-7-13-12(16)8-14-10-5-4-6-11(9(10)2)15(17)18/h4-6,14H,3,7-8H2,1-2H3,(H,13,16). The summed E-state index contributed by atoms with van der Waals surface area (Å²) in [5.41, 5.74) is 1.19. The number of nitro benzene ring substituents is 1. The van der Waals surface area contributed by atoms with Crippen LogP contribution >= 0.6 is 0 Å². The summed E-state index contributed by atoms with van der Waals surface area (Å²) in [6, 6.07) is 4.75. The summed E-state index contributed by atoms with van der Waals surface area (Å²) in [5, 5.41) is 16.4. The first kappa shape index (κ1) is 14.0. The van der Waals surface area contributed by atoms with E-state index in [1.54, 1.807) is 19.1 Å². The van der Waals surface area contributed by atoms with Gasteiger partial charge in [-0.15, -0.1) is 0 Å². The molecule has 0 radical (unpaired) electrons. The van der Waals surface area contributed by atoms with Crippen molar-refractivity contribution in [2.75, 3.05) is 18.4 Å². The van der Waals surface area contributed by atoms with Crippen LogP contribution in [0.5, 0.6) is 0 Å². The zero-order valence-electron chi connectivity index (χ0n) is 10.5. The molecule has 0 aliphatic carbocycles. The molecule has 98 valence electrons. The Labute approximate surface area is 106 Å². The molecule has 6 nitrogen and oxygen atoms in total. The van der Waals surface area contributed by atoms with E-state index in [0.29, 0.717) is 17.8 Å². The molecule has 1 aromatic rings. The van der Waals surface area contributed by atoms with Gasteiger partial charge in [0.05, 0.1) is 11.5 Å². The predicted molar refractivity (Wildman–Crippen MR) is 69.6 cm³/mol. The highest BCUT2D eigenvalue weighted by molar-refractivity contribution is 5.81. The van der Waals surface area contributed by atoms with Crippen molar-refractivity contribution in [1.29, 1.82) is 0 Å². The molecule has 0 spiro atoms. The Morgan fingerprint density at radius 2 is 2.17 bits per heavy atom. The molecule has 1 aromatic carbocycles. The van der Waals surface area contributed by atoms with Gasteiger partial charge in [0, 0.05) is 23.9 Å². The van der Waals surface area contributed by atoms with Gasteiger partial charge in [-0.3, -0.25) is 14.9 Å². The summed E-state index contributed by atoms with van der Waals surface area (Å²) in [7, 11) is 0. The van der Waals surface area contributed by atoms with Gasteiger partial charge in [0.25, 0.3) is 5.69 Å². The first-order chi connectivity index (χ1) is 8.56. The average molecular weight is 251 g/mol. The van der Waals surface area contributed by atoms with Crippen molar-refractivity contribution in [3.63, 3.8) is 0 Å². The van der Waals surface area contributed by atoms with Crippen LogP contribution in [0.25, 0.3) is 0 Å². The first-order valence-corrected chi connectivity index (χ1v) is 5.80. The number of carbonyl (C=O) groups excluding carboxylic acids is 1. The second kappa shape index (κ2) is 6.58. The second-order valence-corrected chi connectivity index (χ2v) is 3.91. The van der Waals surface area contributed by atoms with Gasteiger partial charge in [-0.25, -0.2) is 0 Å². The quantitative estimate of drug-likeness (QED) is 0.597. The number of nitrogens with zero attached hydrogens (tertiary/aromatic N) is 1. The van der Waals surface area contributed by atoms with E-state index in [1.807, 2.05) is 6.92 Å². The lowest BCUT2D eigenvalue weighted by atomic mass is 10.1. The second-order valence-electron chi connectivity index (χ2n) is 3.91. The molecule has 0 bridgehead atoms. The fourth-order valence-electron chi connectivity index (χ4n) is 1.52. The van der Waals surface area contributed by atoms with Crippen LogP contribution in [-0.4, -0.2) is 23.9 Å². The Morgan fingerprint density at radius 1 is 1.44 bits per heavy atom. The smallest absolute Gasteiger partial charge is 0.274 e. The summed E-state index contributed by atoms with van der Waals surface area (Å²) in [6.07, 6.45) is 0.877. The van der Waals surface area contributed by atoms with E-state index >= 15 is 0 Å². The normalized spacial score (nSPS) is 9.89. The van der Waals surface area contributed by atoms with E-state index < -0.39 is 4.92 Å². The summed E-state index contributed by atoms with van der Waals surface area (Å²) >= 11 is 0. The lowest BCUT2D eigenvalue weighted by Crippen LogP contribution is -2.30. The topological polar surface area (TPSA) is 84.3 Å². The van der Waals surface area contributed by atoms with Crippen molar-refractivity contribution >= 4 is 17.3 Å². The molecule has 0 aliphatic heterocycles. The van der Waals surface area contributed by atoms with Gasteiger partial charge in [0.2, 0.25) is 5.91 Å². The fraction of sp³-hybridized carbons (Fsp3) is 0.417. The number of hydrogen-bond donors (Lipinski definition) is 2. The largest absolute Gasteiger partial charge is 0.376 e. The minimum atomic E-state index is -0.433. The van der Waals surface area contributed by atoms with Crippen molar-refractivity contribution in [1.82, 2.24) is 5.32 Å². The molecule has 0 aromatic heterocycles. The SMILES string of the molecule is CCCNC(=O)CNc1cccc([N+](=O)[O-])c1C. The maximum atomic E-state index is 11.4. The van der Waals surface area contributed by atoms with Crippen LogP contribution in [0.1, 0.15) is 18.9 Å². The molecule has 2 N–H and O–H groups in total. The molecule has 18 heavy (non-hydrogen) atoms. The average Bonchev–Trinajstić information content (AvgIpc) is 2.34. The molecule has 0 saturated carbocycles. The lowest BCUT2D eigenvalue weighted by Gasteiger charge is -2.09. The predicted octanol–water partition coefficient (Wildman–Crippen LogP) is 1.84. The Morgan fingerprint density at radius 3 is 2.78 bits per heavy atom. The van der Waals surface area contributed by atoms with Gasteiger partial charge in [-0.2, -0.15) is 0 Å². The molecule has 0 unspecified atom stereocenters. The third-order valence-electron chi connectivity index (χ3n) is 2.51. The number of hydrogen-bond acceptors (Lipinski definition) is 4. The van der Waals surface area contributed by atoms with Crippen LogP contribution in [0.3, 0.4) is 0 Å². The molecule has 1 rings (SSSR count). The number of rotatable bonds is 6. The lowest BCUT2D eigenvalue weighted by molar-refractivity contribution is -0.385. The monoisotopic (exact) mass is 251 g/mol. The molecule has 0 atom stereocenters. The van der Waals surface area contributed by atoms with Gasteiger partial charge in [0.1, 0.15) is 0 Å². The van der Waals surface area contributed by atoms with Crippen LogP contribution in [0.15, 0.2) is 18.2 Å². The molecule has 6 heteroatoms. The Bertz CT molecular complexity index is 446. The van der Waals surface area contributed by atoms with Crippen molar-refractivity contribution in [2.45, 2.75) is 20.3 Å². The molecule has 0 saturated heterocycles. The van der Waals surface area contributed by atoms with Gasteiger partial charge in [0.15, 0.2) is 0 Å². The van der Waals surface area contributed by atoms with Crippen LogP contribution < -0.4 is 10.6 Å². The third-order valence-corrected chi connectivity index (χ3v) is 2.51. The van der Waals surface area contributed by atoms with E-state index in [0.717, 1.165) is 6.42 Å². The highest BCUT2D eigenvalue weighted by atomic mass is 16.6. The van der Waals surface area contributed by atoms with E-state index in [2.05, 4.69) is 10.6 Å². The Kier molecular flexibility index (Phi) is 5.10. The van der Waals surface area contributed by atoms with Gasteiger partial charge in [-0.05, 0) is 19.4 Å². The summed E-state index contributed by atoms with van der Waals surface area (Å²) < 4.78 is 0. The maximum absolute atomic E-state index is 11.4. The molecule has 0 fully saturated rings. The number of benzene rings is 1. The van der Waals surface area contributed by atoms with Crippen LogP contribution in [0.4, 0.5) is 11.4 Å². The minimum Gasteiger partial charge on any atom is -0.376 e. The molecule has 1 amide bonds. The Hall–Kier alpha value is -2.11. The number of anilines is 1. The molecular formula is C12H17N3O3. The third kappa shape index (κ3) is 3.73. The number of carbonyl (C=O) groups is 1. The van der Waals surface area contributed by atoms with E-state index in [-0.39, 0.29) is 18.1 Å². The van der Waals surface area contributed by atoms with E-state index in [1.165, 1.54) is 6.07 Å². The highest BCUT2D eigenvalue weighted by Crippen LogP contribution is 2.24. The van der Waals surface area contributed by atoms with Crippen molar-refractivity contribution in [2.24, 2.45) is 0 Å². The summed E-state index contributed by atoms with van der Waals surface area (Å²) in [5.74, 6) is -0.122. The fourth-order valence-corrected chi connectivity index (χ4v) is 1.52. The zero-order valence-corrected chi connectivity index (χ0v) is 10.5. The number of amides is 1. The van der Waals surface area contributed by atoms with Crippen LogP contribution in [-0.2, 0) is 4.79 Å². The van der Waals surface area contributed by atoms with Crippen molar-refractivity contribution in [3.8, 4) is 0 Å². The minimum absolute atomic E-state index is 0.0500. The van der Waals surface area contributed by atoms with Gasteiger partial charge >= 0.3 is 0 Å². The first-order valence-electron chi connectivity index (χ1n) is 5.80. The van der Waals surface area contributed by atoms with Gasteiger partial charge in [-0.1, -0.05) is 13.0 Å².